The lowest BCUT2D eigenvalue weighted by atomic mass is 9.94. The average Bonchev–Trinajstić information content (AvgIpc) is 0.794. The monoisotopic (exact) mass is 1470 g/mol. The molecule has 12 bridgehead atoms. The molecule has 0 aliphatic carbocycles. The Morgan fingerprint density at radius 2 is 0.406 bits per heavy atom. The summed E-state index contributed by atoms with van der Waals surface area (Å²) in [6.45, 7) is -5.99. The van der Waals surface area contributed by atoms with Gasteiger partial charge in [0.25, 0.3) is 0 Å². The third-order valence-corrected chi connectivity index (χ3v) is 19.2. The third kappa shape index (κ3) is 16.4. The Balaban J connectivity index is 0.000000223. The van der Waals surface area contributed by atoms with E-state index in [1.807, 2.05) is 36.4 Å². The maximum Gasteiger partial charge on any atom is 0.187 e. The van der Waals surface area contributed by atoms with Crippen LogP contribution in [0.4, 0.5) is 0 Å². The number of ether oxygens (including phenoxy) is 12. The number of aliphatic hydroxyl groups excluding tert-OH is 18. The van der Waals surface area contributed by atoms with Crippen LogP contribution in [0.5, 0.6) is 0 Å². The van der Waals surface area contributed by atoms with Gasteiger partial charge in [-0.15, -0.1) is 0 Å². The molecule has 30 atom stereocenters. The number of rotatable bonds is 6. The summed E-state index contributed by atoms with van der Waals surface area (Å²) in [6, 6.07) is 37.4. The van der Waals surface area contributed by atoms with Gasteiger partial charge in [-0.2, -0.15) is 0 Å². The van der Waals surface area contributed by atoms with Crippen LogP contribution < -0.4 is 0 Å². The van der Waals surface area contributed by atoms with Gasteiger partial charge in [0.05, 0.1) is 39.6 Å². The zero-order valence-electron chi connectivity index (χ0n) is 55.9. The van der Waals surface area contributed by atoms with E-state index in [2.05, 4.69) is 144 Å². The number of hydrogen-bond acceptors (Lipinski definition) is 30. The Morgan fingerprint density at radius 1 is 0.217 bits per heavy atom. The van der Waals surface area contributed by atoms with Crippen molar-refractivity contribution in [2.75, 3.05) is 39.6 Å². The summed E-state index contributed by atoms with van der Waals surface area (Å²) in [5, 5.41) is 205. The van der Waals surface area contributed by atoms with Gasteiger partial charge in [0, 0.05) is 11.1 Å². The molecule has 0 radical (unpaired) electrons. The van der Waals surface area contributed by atoms with Gasteiger partial charge >= 0.3 is 0 Å². The molecule has 0 saturated carbocycles. The minimum Gasteiger partial charge on any atom is -0.394 e. The maximum absolute atomic E-state index is 11.2. The van der Waals surface area contributed by atoms with Gasteiger partial charge in [-0.05, 0) is 114 Å². The normalized spacial score (nSPS) is 38.0. The Morgan fingerprint density at radius 3 is 0.623 bits per heavy atom. The van der Waals surface area contributed by atoms with Crippen molar-refractivity contribution >= 4 is 43.1 Å². The van der Waals surface area contributed by atoms with Crippen LogP contribution in [0.3, 0.4) is 0 Å². The second-order valence-electron chi connectivity index (χ2n) is 25.7. The number of benzene rings is 6. The summed E-state index contributed by atoms with van der Waals surface area (Å²) in [4.78, 5) is 0. The first-order valence-corrected chi connectivity index (χ1v) is 33.8. The van der Waals surface area contributed by atoms with Crippen molar-refractivity contribution in [1.29, 1.82) is 0 Å². The average molecular weight is 1470 g/mol. The highest BCUT2D eigenvalue weighted by atomic mass is 16.8. The lowest BCUT2D eigenvalue weighted by Crippen LogP contribution is -2.69. The van der Waals surface area contributed by atoms with E-state index in [4.69, 9.17) is 56.8 Å². The zero-order valence-corrected chi connectivity index (χ0v) is 55.9. The molecule has 106 heavy (non-hydrogen) atoms. The summed E-state index contributed by atoms with van der Waals surface area (Å²) in [7, 11) is 0. The van der Waals surface area contributed by atoms with Crippen LogP contribution in [-0.4, -0.2) is 316 Å². The maximum atomic E-state index is 11.2. The second-order valence-corrected chi connectivity index (χ2v) is 25.7. The summed E-state index contributed by atoms with van der Waals surface area (Å²) in [5.74, 6) is 34.0. The van der Waals surface area contributed by atoms with E-state index in [9.17, 15) is 91.9 Å². The topological polar surface area (TPSA) is 475 Å². The molecule has 22 saturated heterocycles. The minimum atomic E-state index is -2.15. The smallest absolute Gasteiger partial charge is 0.187 e. The van der Waals surface area contributed by atoms with Gasteiger partial charge in [-0.3, -0.25) is 0 Å². The molecule has 0 amide bonds. The highest BCUT2D eigenvalue weighted by Gasteiger charge is 2.59. The summed E-state index contributed by atoms with van der Waals surface area (Å²) < 4.78 is 67.9. The van der Waals surface area contributed by atoms with Gasteiger partial charge in [0.15, 0.2) is 37.7 Å². The zero-order chi connectivity index (χ0) is 75.0. The Kier molecular flexibility index (Phi) is 26.0. The van der Waals surface area contributed by atoms with Gasteiger partial charge in [-0.1, -0.05) is 109 Å². The lowest BCUT2D eigenvalue weighted by molar-refractivity contribution is -0.404. The number of aliphatic hydroxyl groups is 18. The molecule has 18 N–H and O–H groups in total. The van der Waals surface area contributed by atoms with E-state index in [1.165, 1.54) is 21.5 Å². The first-order valence-electron chi connectivity index (χ1n) is 33.8. The molecular weight excluding hydrogens is 1390 g/mol. The fourth-order valence-corrected chi connectivity index (χ4v) is 13.7. The number of fused-ring (bicyclic) bond motifs is 6. The van der Waals surface area contributed by atoms with E-state index in [1.54, 1.807) is 0 Å². The molecule has 0 aromatic heterocycles. The highest BCUT2D eigenvalue weighted by Crippen LogP contribution is 2.39. The highest BCUT2D eigenvalue weighted by molar-refractivity contribution is 6.11. The quantitative estimate of drug-likeness (QED) is 0.0547. The Hall–Kier alpha value is -7.48. The molecule has 0 unspecified atom stereocenters. The lowest BCUT2D eigenvalue weighted by Gasteiger charge is -2.50. The third-order valence-electron chi connectivity index (χ3n) is 19.2. The summed E-state index contributed by atoms with van der Waals surface area (Å²) in [6.07, 6.45) is -58.5. The van der Waals surface area contributed by atoms with E-state index in [0.717, 1.165) is 32.7 Å². The van der Waals surface area contributed by atoms with Gasteiger partial charge in [0.1, 0.15) is 146 Å². The van der Waals surface area contributed by atoms with Crippen LogP contribution in [0, 0.1) is 71.0 Å². The van der Waals surface area contributed by atoms with Gasteiger partial charge in [-0.25, -0.2) is 0 Å². The van der Waals surface area contributed by atoms with Crippen LogP contribution in [0.25, 0.3) is 43.1 Å². The van der Waals surface area contributed by atoms with Crippen molar-refractivity contribution in [3.8, 4) is 71.0 Å². The molecule has 22 heterocycles. The predicted octanol–water partition coefficient (Wildman–Crippen LogP) is -5.34. The Bertz CT molecular complexity index is 3970. The molecule has 22 aliphatic heterocycles. The van der Waals surface area contributed by atoms with E-state index in [0.29, 0.717) is 0 Å². The number of hydrogen-bond donors (Lipinski definition) is 18. The van der Waals surface area contributed by atoms with Gasteiger partial charge in [0.2, 0.25) is 0 Å². The van der Waals surface area contributed by atoms with Crippen LogP contribution >= 0.6 is 0 Å². The molecule has 30 heteroatoms. The largest absolute Gasteiger partial charge is 0.394 e. The molecule has 22 aliphatic rings. The van der Waals surface area contributed by atoms with E-state index in [-0.39, 0.29) is 0 Å². The standard InChI is InChI=1S/C40H18.C36H60O30/c1(3-5-7-9-19-31-29-33-21-11-13-23-35(33)39-27-17-15-25-37(31)39)2-4-6-8-10-20-32-30-34-22-12-14-24-36(34)40-28-18-16-26-38(32)40;37-1-7-25-13(43)19(49)31(55-7)62-26-8(2-38)57-33(21(51)15(26)45)64-28-10(4-40)59-35(23(53)17(28)47)66-30-12(6-42)60-36(24(54)18(30)48)65-29-11(5-41)58-34(22(52)16(29)46)63-27-9(3-39)56-32(61-25)20(50)14(27)44/h11-18,21-30H;7-54H,1-6H2/t;7-,8-,9-,10-,11-,12-,13-,14-,15-,16-,17-,18-,19-,20-,21-,22-,23-,24-,25-,26-,27-,28-,29-,30-,31-,32-,33-,34-,35-,36-/m.1/s1. The van der Waals surface area contributed by atoms with Crippen molar-refractivity contribution in [1.82, 2.24) is 0 Å². The van der Waals surface area contributed by atoms with Crippen molar-refractivity contribution in [3.05, 3.63) is 120 Å². The van der Waals surface area contributed by atoms with E-state index < -0.39 is 224 Å². The van der Waals surface area contributed by atoms with Gasteiger partial charge < -0.3 is 149 Å². The van der Waals surface area contributed by atoms with Crippen molar-refractivity contribution in [3.63, 3.8) is 0 Å². The predicted molar refractivity (Wildman–Crippen MR) is 364 cm³/mol. The first-order chi connectivity index (χ1) is 51.3. The summed E-state index contributed by atoms with van der Waals surface area (Å²) >= 11 is 0. The SMILES string of the molecule is C(C#CC#CC#Cc1cc2ccccc2c2ccccc12)#CC#CC#Cc1cc2ccccc2c2ccccc12.OC[C@H]1O[C@@H]2O[C@H]3[C@H](O)[C@@H](O)[C@@H](O[C@H]4[C@H](O)[C@@H](O)[C@@H](O[C@H]5[C@H](O)[C@@H](O)[C@@H](O[C@H]6[C@H](O)[C@@H](O)[C@@H](O[C@H]7[C@H](O)[C@@H](O)[C@@H](O[C@H]1[C@H](O)[C@H]2O)O[C@@H]7CO)O[C@@H]6CO)O[C@@H]5CO)O[C@@H]4CO)O[C@@H]3CO. The molecular formula is C76H78O30. The molecule has 6 aromatic rings. The van der Waals surface area contributed by atoms with Crippen LogP contribution in [-0.2, 0) is 56.8 Å². The molecule has 562 valence electrons. The van der Waals surface area contributed by atoms with Crippen molar-refractivity contribution in [2.45, 2.75) is 184 Å². The van der Waals surface area contributed by atoms with E-state index >= 15 is 0 Å². The van der Waals surface area contributed by atoms with Crippen molar-refractivity contribution in [2.24, 2.45) is 0 Å². The second kappa shape index (κ2) is 35.3. The molecule has 6 aromatic carbocycles. The summed E-state index contributed by atoms with van der Waals surface area (Å²) in [5.41, 5.74) is 1.90. The van der Waals surface area contributed by atoms with Crippen LogP contribution in [0.15, 0.2) is 109 Å². The molecule has 28 rings (SSSR count). The fourth-order valence-electron chi connectivity index (χ4n) is 13.7. The van der Waals surface area contributed by atoms with Crippen LogP contribution in [0.1, 0.15) is 11.1 Å². The molecule has 30 nitrogen and oxygen atoms in total. The molecule has 0 spiro atoms. The minimum absolute atomic E-state index is 0.949. The molecule has 22 fully saturated rings. The first kappa shape index (κ1) is 78.1. The Labute approximate surface area is 604 Å². The van der Waals surface area contributed by atoms with Crippen LogP contribution in [0.2, 0.25) is 0 Å². The fraction of sp³-hybridized carbons (Fsp3) is 0.474. The van der Waals surface area contributed by atoms with Crippen molar-refractivity contribution < 1.29 is 149 Å².